The van der Waals surface area contributed by atoms with E-state index in [4.69, 9.17) is 5.73 Å². The minimum atomic E-state index is -4.38. The number of H-pyrrole nitrogens is 1. The van der Waals surface area contributed by atoms with Gasteiger partial charge in [0.05, 0.1) is 11.3 Å². The van der Waals surface area contributed by atoms with Gasteiger partial charge in [-0.1, -0.05) is 45.4 Å². The summed E-state index contributed by atoms with van der Waals surface area (Å²) < 4.78 is 39.3. The highest BCUT2D eigenvalue weighted by molar-refractivity contribution is 5.85. The molecule has 1 aromatic heterocycles. The number of aromatic nitrogens is 1. The number of nitrogens with zero attached hydrogens (tertiary/aromatic N) is 1. The zero-order valence-corrected chi connectivity index (χ0v) is 18.9. The SMILES string of the molecule is C=C(/C=C\N=CC)c1c(-c2cccc(C(F)(F)F)c2)[nH]c(CCC)c1C.CCCCN. The minimum Gasteiger partial charge on any atom is -0.358 e. The Balaban J connectivity index is 0.000000861. The fourth-order valence-corrected chi connectivity index (χ4v) is 3.12. The molecule has 0 bridgehead atoms. The van der Waals surface area contributed by atoms with Gasteiger partial charge in [-0.15, -0.1) is 0 Å². The molecule has 0 aliphatic rings. The molecule has 2 aromatic rings. The molecule has 2 rings (SSSR count). The van der Waals surface area contributed by atoms with Gasteiger partial charge in [-0.25, -0.2) is 0 Å². The van der Waals surface area contributed by atoms with Gasteiger partial charge in [-0.05, 0) is 68.1 Å². The predicted octanol–water partition coefficient (Wildman–Crippen LogP) is 7.32. The van der Waals surface area contributed by atoms with E-state index in [-0.39, 0.29) is 0 Å². The number of aliphatic imine (C=N–C) groups is 1. The first-order valence-electron chi connectivity index (χ1n) is 10.6. The molecule has 31 heavy (non-hydrogen) atoms. The molecule has 1 aromatic carbocycles. The first kappa shape index (κ1) is 26.4. The van der Waals surface area contributed by atoms with Crippen molar-refractivity contribution in [2.24, 2.45) is 10.7 Å². The summed E-state index contributed by atoms with van der Waals surface area (Å²) in [7, 11) is 0. The van der Waals surface area contributed by atoms with Crippen molar-refractivity contribution in [3.8, 4) is 11.3 Å². The van der Waals surface area contributed by atoms with Crippen LogP contribution in [-0.2, 0) is 12.6 Å². The second kappa shape index (κ2) is 13.0. The van der Waals surface area contributed by atoms with Crippen LogP contribution < -0.4 is 5.73 Å². The molecule has 0 amide bonds. The zero-order chi connectivity index (χ0) is 23.4. The summed E-state index contributed by atoms with van der Waals surface area (Å²) in [4.78, 5) is 7.35. The van der Waals surface area contributed by atoms with Crippen LogP contribution in [0.4, 0.5) is 13.2 Å². The summed E-state index contributed by atoms with van der Waals surface area (Å²) in [6.45, 7) is 12.9. The van der Waals surface area contributed by atoms with Crippen LogP contribution in [0.5, 0.6) is 0 Å². The molecule has 3 nitrogen and oxygen atoms in total. The number of allylic oxidation sites excluding steroid dienone is 2. The van der Waals surface area contributed by atoms with E-state index < -0.39 is 11.7 Å². The van der Waals surface area contributed by atoms with Crippen molar-refractivity contribution in [2.75, 3.05) is 6.54 Å². The standard InChI is InChI=1S/C21H23F3N2.C4H11N/c1-5-8-18-15(4)19(14(3)11-12-25-6-2)20(26-18)16-9-7-10-17(13-16)21(22,23)24;1-2-3-4-5/h6-7,9-13,26H,3,5,8H2,1-2,4H3;2-5H2,1H3/b12-11-,25-6?;. The summed E-state index contributed by atoms with van der Waals surface area (Å²) >= 11 is 0. The van der Waals surface area contributed by atoms with E-state index in [1.54, 1.807) is 24.6 Å². The fraction of sp³-hybridized carbons (Fsp3) is 0.400. The monoisotopic (exact) mass is 433 g/mol. The Morgan fingerprint density at radius 1 is 1.23 bits per heavy atom. The van der Waals surface area contributed by atoms with E-state index in [0.29, 0.717) is 16.8 Å². The molecule has 1 heterocycles. The van der Waals surface area contributed by atoms with Gasteiger partial charge in [0.1, 0.15) is 0 Å². The highest BCUT2D eigenvalue weighted by Gasteiger charge is 2.31. The van der Waals surface area contributed by atoms with Crippen LogP contribution in [0.25, 0.3) is 16.8 Å². The van der Waals surface area contributed by atoms with Crippen LogP contribution in [0, 0.1) is 6.92 Å². The second-order valence-corrected chi connectivity index (χ2v) is 7.20. The van der Waals surface area contributed by atoms with Gasteiger partial charge < -0.3 is 10.7 Å². The molecular weight excluding hydrogens is 399 g/mol. The molecule has 0 aliphatic carbocycles. The van der Waals surface area contributed by atoms with E-state index >= 15 is 0 Å². The zero-order valence-electron chi connectivity index (χ0n) is 18.9. The summed E-state index contributed by atoms with van der Waals surface area (Å²) in [6, 6.07) is 5.36. The number of rotatable bonds is 8. The Hall–Kier alpha value is -2.60. The Morgan fingerprint density at radius 2 is 1.94 bits per heavy atom. The minimum absolute atomic E-state index is 0.494. The van der Waals surface area contributed by atoms with E-state index in [0.717, 1.165) is 42.3 Å². The lowest BCUT2D eigenvalue weighted by molar-refractivity contribution is -0.137. The molecule has 0 fully saturated rings. The van der Waals surface area contributed by atoms with Crippen LogP contribution in [0.2, 0.25) is 0 Å². The van der Waals surface area contributed by atoms with Crippen molar-refractivity contribution in [1.29, 1.82) is 0 Å². The number of benzene rings is 1. The van der Waals surface area contributed by atoms with Gasteiger partial charge >= 0.3 is 6.18 Å². The highest BCUT2D eigenvalue weighted by Crippen LogP contribution is 2.37. The third kappa shape index (κ3) is 7.87. The Kier molecular flexibility index (Phi) is 11.0. The molecule has 3 N–H and O–H groups in total. The largest absolute Gasteiger partial charge is 0.416 e. The number of halogens is 3. The number of hydrogen-bond donors (Lipinski definition) is 2. The maximum Gasteiger partial charge on any atom is 0.416 e. The molecule has 0 radical (unpaired) electrons. The maximum absolute atomic E-state index is 13.1. The van der Waals surface area contributed by atoms with E-state index in [1.807, 2.05) is 13.8 Å². The second-order valence-electron chi connectivity index (χ2n) is 7.20. The van der Waals surface area contributed by atoms with Crippen LogP contribution in [-0.4, -0.2) is 17.7 Å². The number of hydrogen-bond acceptors (Lipinski definition) is 2. The lowest BCUT2D eigenvalue weighted by Crippen LogP contribution is -2.04. The number of nitrogens with two attached hydrogens (primary N) is 1. The Morgan fingerprint density at radius 3 is 2.45 bits per heavy atom. The molecule has 6 heteroatoms. The van der Waals surface area contributed by atoms with E-state index in [9.17, 15) is 13.2 Å². The van der Waals surface area contributed by atoms with Crippen LogP contribution in [0.3, 0.4) is 0 Å². The molecule has 0 saturated carbocycles. The van der Waals surface area contributed by atoms with E-state index in [1.165, 1.54) is 25.0 Å². The predicted molar refractivity (Wildman–Crippen MR) is 126 cm³/mol. The molecule has 0 atom stereocenters. The summed E-state index contributed by atoms with van der Waals surface area (Å²) in [6.07, 6.45) is 4.82. The van der Waals surface area contributed by atoms with Crippen LogP contribution in [0.1, 0.15) is 62.4 Å². The number of alkyl halides is 3. The molecule has 0 saturated heterocycles. The third-order valence-corrected chi connectivity index (χ3v) is 4.72. The van der Waals surface area contributed by atoms with Crippen LogP contribution >= 0.6 is 0 Å². The van der Waals surface area contributed by atoms with Crippen molar-refractivity contribution < 1.29 is 13.2 Å². The lowest BCUT2D eigenvalue weighted by Gasteiger charge is -2.10. The van der Waals surface area contributed by atoms with Gasteiger partial charge in [-0.3, -0.25) is 4.99 Å². The Labute approximate surface area is 184 Å². The topological polar surface area (TPSA) is 54.2 Å². The summed E-state index contributed by atoms with van der Waals surface area (Å²) in [5, 5.41) is 0. The van der Waals surface area contributed by atoms with Crippen molar-refractivity contribution in [3.63, 3.8) is 0 Å². The summed E-state index contributed by atoms with van der Waals surface area (Å²) in [5.41, 5.74) is 9.19. The highest BCUT2D eigenvalue weighted by atomic mass is 19.4. The number of aromatic amines is 1. The first-order valence-corrected chi connectivity index (χ1v) is 10.6. The van der Waals surface area contributed by atoms with Gasteiger partial charge in [-0.2, -0.15) is 13.2 Å². The number of unbranched alkanes of at least 4 members (excludes halogenated alkanes) is 1. The smallest absolute Gasteiger partial charge is 0.358 e. The first-order chi connectivity index (χ1) is 14.7. The van der Waals surface area contributed by atoms with Crippen molar-refractivity contribution in [2.45, 2.75) is 59.6 Å². The fourth-order valence-electron chi connectivity index (χ4n) is 3.12. The number of nitrogens with one attached hydrogen (secondary N) is 1. The summed E-state index contributed by atoms with van der Waals surface area (Å²) in [5.74, 6) is 0. The molecule has 0 spiro atoms. The van der Waals surface area contributed by atoms with E-state index in [2.05, 4.69) is 30.4 Å². The van der Waals surface area contributed by atoms with Crippen molar-refractivity contribution in [3.05, 3.63) is 65.5 Å². The van der Waals surface area contributed by atoms with Gasteiger partial charge in [0.25, 0.3) is 0 Å². The maximum atomic E-state index is 13.1. The quantitative estimate of drug-likeness (QED) is 0.332. The van der Waals surface area contributed by atoms with Gasteiger partial charge in [0.15, 0.2) is 0 Å². The molecule has 0 unspecified atom stereocenters. The number of aryl methyl sites for hydroxylation is 1. The van der Waals surface area contributed by atoms with Gasteiger partial charge in [0.2, 0.25) is 0 Å². The van der Waals surface area contributed by atoms with Crippen molar-refractivity contribution in [1.82, 2.24) is 4.98 Å². The average molecular weight is 434 g/mol. The third-order valence-electron chi connectivity index (χ3n) is 4.72. The molecular formula is C25H34F3N3. The van der Waals surface area contributed by atoms with Gasteiger partial charge in [0, 0.05) is 23.7 Å². The normalized spacial score (nSPS) is 11.7. The van der Waals surface area contributed by atoms with Crippen molar-refractivity contribution >= 4 is 11.8 Å². The Bertz CT molecular complexity index is 888. The lowest BCUT2D eigenvalue weighted by atomic mass is 9.97. The molecule has 170 valence electrons. The average Bonchev–Trinajstić information content (AvgIpc) is 3.05. The molecule has 0 aliphatic heterocycles. The van der Waals surface area contributed by atoms with Crippen LogP contribution in [0.15, 0.2) is 48.1 Å².